The quantitative estimate of drug-likeness (QED) is 0.597. The highest BCUT2D eigenvalue weighted by Gasteiger charge is 2.27. The molecule has 0 spiro atoms. The van der Waals surface area contributed by atoms with Crippen molar-refractivity contribution in [2.45, 2.75) is 43.6 Å². The SMILES string of the molecule is CN(C)CCNc1cncc(S(=O)(=O)NC(=O)Nc2c3c(cc4c2CCC4)CCC3)n1. The van der Waals surface area contributed by atoms with Gasteiger partial charge < -0.3 is 15.5 Å². The standard InChI is InChI=1S/C21H28N6O3S/c1-27(2)10-9-23-18-12-22-13-19(24-18)31(29,30)26-21(28)25-20-16-7-3-5-14(16)11-15-6-4-8-17(15)20/h11-13H,3-10H2,1-2H3,(H,23,24)(H2,25,26,28). The number of amides is 2. The van der Waals surface area contributed by atoms with Crippen molar-refractivity contribution < 1.29 is 13.2 Å². The molecule has 9 nitrogen and oxygen atoms in total. The van der Waals surface area contributed by atoms with Crippen LogP contribution in [0.2, 0.25) is 0 Å². The molecule has 2 aromatic rings. The molecule has 2 amide bonds. The second-order valence-corrected chi connectivity index (χ2v) is 9.90. The number of carbonyl (C=O) groups is 1. The summed E-state index contributed by atoms with van der Waals surface area (Å²) in [5, 5.41) is 5.56. The first kappa shape index (κ1) is 21.5. The van der Waals surface area contributed by atoms with Gasteiger partial charge in [-0.25, -0.2) is 14.5 Å². The fourth-order valence-electron chi connectivity index (χ4n) is 4.25. The number of hydrogen-bond acceptors (Lipinski definition) is 7. The molecule has 3 N–H and O–H groups in total. The van der Waals surface area contributed by atoms with Crippen LogP contribution in [-0.2, 0) is 35.7 Å². The summed E-state index contributed by atoms with van der Waals surface area (Å²) in [7, 11) is -0.280. The second kappa shape index (κ2) is 8.80. The van der Waals surface area contributed by atoms with Gasteiger partial charge in [-0.05, 0) is 74.9 Å². The van der Waals surface area contributed by atoms with Crippen LogP contribution in [0.15, 0.2) is 23.5 Å². The molecule has 0 saturated carbocycles. The van der Waals surface area contributed by atoms with E-state index in [2.05, 4.69) is 31.4 Å². The third-order valence-corrected chi connectivity index (χ3v) is 6.89. The highest BCUT2D eigenvalue weighted by molar-refractivity contribution is 7.90. The molecule has 0 fully saturated rings. The Morgan fingerprint density at radius 1 is 1.06 bits per heavy atom. The Hall–Kier alpha value is -2.72. The summed E-state index contributed by atoms with van der Waals surface area (Å²) < 4.78 is 27.5. The van der Waals surface area contributed by atoms with Gasteiger partial charge >= 0.3 is 6.03 Å². The topological polar surface area (TPSA) is 116 Å². The number of carbonyl (C=O) groups excluding carboxylic acids is 1. The summed E-state index contributed by atoms with van der Waals surface area (Å²) in [5.41, 5.74) is 5.60. The van der Waals surface area contributed by atoms with Crippen molar-refractivity contribution in [3.05, 3.63) is 40.7 Å². The Labute approximate surface area is 182 Å². The molecule has 0 bridgehead atoms. The maximum Gasteiger partial charge on any atom is 0.333 e. The van der Waals surface area contributed by atoms with Gasteiger partial charge in [0.2, 0.25) is 0 Å². The van der Waals surface area contributed by atoms with Crippen molar-refractivity contribution in [2.24, 2.45) is 0 Å². The Bertz CT molecular complexity index is 1070. The van der Waals surface area contributed by atoms with Gasteiger partial charge in [0.15, 0.2) is 5.03 Å². The molecule has 1 aromatic carbocycles. The summed E-state index contributed by atoms with van der Waals surface area (Å²) >= 11 is 0. The number of nitrogens with zero attached hydrogens (tertiary/aromatic N) is 3. The van der Waals surface area contributed by atoms with Crippen LogP contribution in [-0.4, -0.2) is 56.5 Å². The molecular weight excluding hydrogens is 416 g/mol. The number of rotatable bonds is 7. The van der Waals surface area contributed by atoms with Crippen LogP contribution in [0.4, 0.5) is 16.3 Å². The summed E-state index contributed by atoms with van der Waals surface area (Å²) in [6.07, 6.45) is 8.48. The lowest BCUT2D eigenvalue weighted by atomic mass is 9.99. The van der Waals surface area contributed by atoms with Crippen molar-refractivity contribution >= 4 is 27.6 Å². The molecular formula is C21H28N6O3S. The first-order chi connectivity index (χ1) is 14.8. The van der Waals surface area contributed by atoms with E-state index < -0.39 is 16.1 Å². The normalized spacial score (nSPS) is 14.9. The van der Waals surface area contributed by atoms with Crippen LogP contribution in [0.1, 0.15) is 35.1 Å². The fourth-order valence-corrected chi connectivity index (χ4v) is 5.07. The lowest BCUT2D eigenvalue weighted by Crippen LogP contribution is -2.35. The third-order valence-electron chi connectivity index (χ3n) is 5.69. The van der Waals surface area contributed by atoms with Crippen molar-refractivity contribution in [3.63, 3.8) is 0 Å². The van der Waals surface area contributed by atoms with E-state index in [4.69, 9.17) is 0 Å². The van der Waals surface area contributed by atoms with Gasteiger partial charge in [-0.3, -0.25) is 4.98 Å². The number of nitrogens with one attached hydrogen (secondary N) is 3. The van der Waals surface area contributed by atoms with Crippen LogP contribution in [0.25, 0.3) is 0 Å². The van der Waals surface area contributed by atoms with Crippen LogP contribution in [0, 0.1) is 0 Å². The molecule has 1 heterocycles. The second-order valence-electron chi connectivity index (χ2n) is 8.27. The van der Waals surface area contributed by atoms with Gasteiger partial charge in [-0.1, -0.05) is 6.07 Å². The van der Waals surface area contributed by atoms with Gasteiger partial charge in [0.1, 0.15) is 5.82 Å². The lowest BCUT2D eigenvalue weighted by Gasteiger charge is -2.16. The molecule has 0 saturated heterocycles. The number of urea groups is 1. The fraction of sp³-hybridized carbons (Fsp3) is 0.476. The van der Waals surface area contributed by atoms with Crippen LogP contribution < -0.4 is 15.4 Å². The van der Waals surface area contributed by atoms with E-state index >= 15 is 0 Å². The number of benzene rings is 1. The number of sulfonamides is 1. The third kappa shape index (κ3) is 4.80. The largest absolute Gasteiger partial charge is 0.367 e. The highest BCUT2D eigenvalue weighted by Crippen LogP contribution is 2.38. The summed E-state index contributed by atoms with van der Waals surface area (Å²) in [6.45, 7) is 1.34. The van der Waals surface area contributed by atoms with Gasteiger partial charge in [0.05, 0.1) is 12.4 Å². The lowest BCUT2D eigenvalue weighted by molar-refractivity contribution is 0.256. The molecule has 4 rings (SSSR count). The molecule has 1 aromatic heterocycles. The molecule has 0 unspecified atom stereocenters. The minimum absolute atomic E-state index is 0.305. The zero-order valence-electron chi connectivity index (χ0n) is 17.9. The zero-order valence-corrected chi connectivity index (χ0v) is 18.7. The van der Waals surface area contributed by atoms with Crippen molar-refractivity contribution in [3.8, 4) is 0 Å². The molecule has 0 aliphatic heterocycles. The van der Waals surface area contributed by atoms with E-state index in [0.29, 0.717) is 12.4 Å². The minimum Gasteiger partial charge on any atom is -0.367 e. The first-order valence-electron chi connectivity index (χ1n) is 10.5. The van der Waals surface area contributed by atoms with E-state index in [0.717, 1.165) is 68.1 Å². The van der Waals surface area contributed by atoms with Crippen molar-refractivity contribution in [1.29, 1.82) is 0 Å². The van der Waals surface area contributed by atoms with Gasteiger partial charge in [0, 0.05) is 18.8 Å². The average molecular weight is 445 g/mol. The predicted octanol–water partition coefficient (Wildman–Crippen LogP) is 1.94. The summed E-state index contributed by atoms with van der Waals surface area (Å²) in [6, 6.07) is 1.48. The van der Waals surface area contributed by atoms with E-state index in [1.165, 1.54) is 17.3 Å². The zero-order chi connectivity index (χ0) is 22.0. The molecule has 0 atom stereocenters. The molecule has 31 heavy (non-hydrogen) atoms. The Balaban J connectivity index is 1.48. The summed E-state index contributed by atoms with van der Waals surface area (Å²) in [5.74, 6) is 0.337. The monoisotopic (exact) mass is 444 g/mol. The van der Waals surface area contributed by atoms with Crippen LogP contribution in [0.5, 0.6) is 0 Å². The van der Waals surface area contributed by atoms with E-state index in [-0.39, 0.29) is 5.03 Å². The van der Waals surface area contributed by atoms with Crippen molar-refractivity contribution in [2.75, 3.05) is 37.8 Å². The van der Waals surface area contributed by atoms with Crippen LogP contribution >= 0.6 is 0 Å². The number of aryl methyl sites for hydroxylation is 2. The maximum atomic E-state index is 12.7. The number of hydrogen-bond donors (Lipinski definition) is 3. The molecule has 10 heteroatoms. The molecule has 166 valence electrons. The molecule has 0 radical (unpaired) electrons. The number of likely N-dealkylation sites (N-methyl/N-ethyl adjacent to an activating group) is 1. The first-order valence-corrected chi connectivity index (χ1v) is 12.0. The van der Waals surface area contributed by atoms with E-state index in [1.54, 1.807) is 0 Å². The number of fused-ring (bicyclic) bond motifs is 2. The Morgan fingerprint density at radius 3 is 2.39 bits per heavy atom. The van der Waals surface area contributed by atoms with Crippen molar-refractivity contribution in [1.82, 2.24) is 19.6 Å². The minimum atomic E-state index is -4.16. The summed E-state index contributed by atoms with van der Waals surface area (Å²) in [4.78, 5) is 22.7. The maximum absolute atomic E-state index is 12.7. The Morgan fingerprint density at radius 2 is 1.74 bits per heavy atom. The molecule has 2 aliphatic rings. The Kier molecular flexibility index (Phi) is 6.10. The van der Waals surface area contributed by atoms with E-state index in [9.17, 15) is 13.2 Å². The highest BCUT2D eigenvalue weighted by atomic mass is 32.2. The van der Waals surface area contributed by atoms with Gasteiger partial charge in [-0.15, -0.1) is 0 Å². The smallest absolute Gasteiger partial charge is 0.333 e. The average Bonchev–Trinajstić information content (AvgIpc) is 3.36. The van der Waals surface area contributed by atoms with Gasteiger partial charge in [-0.2, -0.15) is 8.42 Å². The van der Waals surface area contributed by atoms with Crippen LogP contribution in [0.3, 0.4) is 0 Å². The van der Waals surface area contributed by atoms with E-state index in [1.807, 2.05) is 19.0 Å². The number of aromatic nitrogens is 2. The number of anilines is 2. The van der Waals surface area contributed by atoms with Gasteiger partial charge in [0.25, 0.3) is 10.0 Å². The molecule has 2 aliphatic carbocycles. The predicted molar refractivity (Wildman–Crippen MR) is 119 cm³/mol.